The lowest BCUT2D eigenvalue weighted by molar-refractivity contribution is -0.130. The maximum absolute atomic E-state index is 12.5. The summed E-state index contributed by atoms with van der Waals surface area (Å²) < 4.78 is 3.33. The van der Waals surface area contributed by atoms with E-state index in [-0.39, 0.29) is 5.91 Å². The highest BCUT2D eigenvalue weighted by Gasteiger charge is 2.23. The van der Waals surface area contributed by atoms with Gasteiger partial charge in [0.25, 0.3) is 0 Å². The van der Waals surface area contributed by atoms with Crippen LogP contribution in [0.15, 0.2) is 29.4 Å². The van der Waals surface area contributed by atoms with E-state index in [9.17, 15) is 4.79 Å². The summed E-state index contributed by atoms with van der Waals surface area (Å²) >= 11 is 1.35. The van der Waals surface area contributed by atoms with Gasteiger partial charge in [0, 0.05) is 33.2 Å². The average molecular weight is 414 g/mol. The molecule has 11 nitrogen and oxygen atoms in total. The van der Waals surface area contributed by atoms with Gasteiger partial charge in [0.05, 0.1) is 18.0 Å². The fourth-order valence-electron chi connectivity index (χ4n) is 3.11. The van der Waals surface area contributed by atoms with Gasteiger partial charge in [-0.3, -0.25) is 9.69 Å². The average Bonchev–Trinajstić information content (AvgIpc) is 3.36. The minimum Gasteiger partial charge on any atom is -0.339 e. The molecule has 1 aromatic carbocycles. The molecule has 152 valence electrons. The van der Waals surface area contributed by atoms with Crippen LogP contribution in [0.3, 0.4) is 0 Å². The normalized spacial score (nSPS) is 15.0. The first-order valence-corrected chi connectivity index (χ1v) is 10.3. The molecule has 0 saturated carbocycles. The molecule has 3 heterocycles. The van der Waals surface area contributed by atoms with Crippen LogP contribution in [0.1, 0.15) is 11.4 Å². The molecule has 0 spiro atoms. The van der Waals surface area contributed by atoms with Gasteiger partial charge in [0.15, 0.2) is 5.82 Å². The Bertz CT molecular complexity index is 961. The van der Waals surface area contributed by atoms with Crippen LogP contribution in [0.25, 0.3) is 5.69 Å². The van der Waals surface area contributed by atoms with Crippen molar-refractivity contribution >= 4 is 17.7 Å². The Morgan fingerprint density at radius 3 is 2.45 bits per heavy atom. The fraction of sp³-hybridized carbons (Fsp3) is 0.471. The summed E-state index contributed by atoms with van der Waals surface area (Å²) in [5.74, 6) is 1.22. The highest BCUT2D eigenvalue weighted by atomic mass is 32.2. The summed E-state index contributed by atoms with van der Waals surface area (Å²) in [7, 11) is 1.76. The number of thioether (sulfide) groups is 1. The first-order chi connectivity index (χ1) is 14.1. The third-order valence-corrected chi connectivity index (χ3v) is 5.80. The molecular formula is C17H22N10OS. The molecule has 0 N–H and O–H groups in total. The summed E-state index contributed by atoms with van der Waals surface area (Å²) in [6.07, 6.45) is 0. The highest BCUT2D eigenvalue weighted by molar-refractivity contribution is 7.99. The van der Waals surface area contributed by atoms with Crippen molar-refractivity contribution in [1.29, 1.82) is 0 Å². The Morgan fingerprint density at radius 1 is 1.03 bits per heavy atom. The van der Waals surface area contributed by atoms with Crippen molar-refractivity contribution in [2.45, 2.75) is 18.6 Å². The molecule has 4 rings (SSSR count). The molecule has 2 aromatic heterocycles. The number of aromatic nitrogens is 8. The molecule has 0 atom stereocenters. The Kier molecular flexibility index (Phi) is 5.81. The molecule has 0 aliphatic carbocycles. The van der Waals surface area contributed by atoms with Crippen LogP contribution >= 0.6 is 11.8 Å². The number of hydrogen-bond acceptors (Lipinski definition) is 9. The molecule has 3 aromatic rings. The van der Waals surface area contributed by atoms with Crippen molar-refractivity contribution in [3.63, 3.8) is 0 Å². The minimum atomic E-state index is 0.0992. The predicted octanol–water partition coefficient (Wildman–Crippen LogP) is -0.0693. The van der Waals surface area contributed by atoms with Gasteiger partial charge < -0.3 is 4.90 Å². The molecule has 1 aliphatic heterocycles. The standard InChI is InChI=1S/C17H22N10OS/c1-13-3-5-14(6-4-13)27-15(18-20-23-27)11-25-7-9-26(10-8-25)16(28)12-29-17-19-21-22-24(17)2/h3-6H,7-12H2,1-2H3. The Morgan fingerprint density at radius 2 is 1.76 bits per heavy atom. The number of nitrogens with zero attached hydrogens (tertiary/aromatic N) is 10. The van der Waals surface area contributed by atoms with E-state index in [0.717, 1.165) is 24.6 Å². The fourth-order valence-corrected chi connectivity index (χ4v) is 3.86. The monoisotopic (exact) mass is 414 g/mol. The molecule has 1 amide bonds. The number of aryl methyl sites for hydroxylation is 2. The lowest BCUT2D eigenvalue weighted by Crippen LogP contribution is -2.49. The van der Waals surface area contributed by atoms with Gasteiger partial charge in [-0.1, -0.05) is 29.5 Å². The first-order valence-electron chi connectivity index (χ1n) is 9.30. The predicted molar refractivity (Wildman–Crippen MR) is 105 cm³/mol. The van der Waals surface area contributed by atoms with Gasteiger partial charge in [0.1, 0.15) is 0 Å². The second-order valence-corrected chi connectivity index (χ2v) is 7.82. The molecule has 0 radical (unpaired) electrons. The van der Waals surface area contributed by atoms with Crippen molar-refractivity contribution in [3.05, 3.63) is 35.7 Å². The molecule has 1 saturated heterocycles. The van der Waals surface area contributed by atoms with Gasteiger partial charge in [-0.05, 0) is 39.9 Å². The van der Waals surface area contributed by atoms with Crippen LogP contribution in [0.4, 0.5) is 0 Å². The number of benzene rings is 1. The van der Waals surface area contributed by atoms with E-state index < -0.39 is 0 Å². The number of carbonyl (C=O) groups is 1. The summed E-state index contributed by atoms with van der Waals surface area (Å²) in [5.41, 5.74) is 2.14. The number of rotatable bonds is 6. The van der Waals surface area contributed by atoms with E-state index >= 15 is 0 Å². The van der Waals surface area contributed by atoms with Crippen LogP contribution in [0, 0.1) is 6.92 Å². The Hall–Kier alpha value is -2.86. The maximum Gasteiger partial charge on any atom is 0.233 e. The van der Waals surface area contributed by atoms with Gasteiger partial charge in [-0.2, -0.15) is 4.68 Å². The second-order valence-electron chi connectivity index (χ2n) is 6.87. The minimum absolute atomic E-state index is 0.0992. The smallest absolute Gasteiger partial charge is 0.233 e. The summed E-state index contributed by atoms with van der Waals surface area (Å²) in [6.45, 7) is 5.62. The van der Waals surface area contributed by atoms with E-state index in [1.54, 1.807) is 16.4 Å². The van der Waals surface area contributed by atoms with E-state index in [2.05, 4.69) is 36.0 Å². The van der Waals surface area contributed by atoms with Gasteiger partial charge in [-0.25, -0.2) is 4.68 Å². The Balaban J connectivity index is 1.29. The summed E-state index contributed by atoms with van der Waals surface area (Å²) in [4.78, 5) is 16.6. The van der Waals surface area contributed by atoms with Crippen LogP contribution in [0.2, 0.25) is 0 Å². The molecule has 0 unspecified atom stereocenters. The van der Waals surface area contributed by atoms with Crippen LogP contribution < -0.4 is 0 Å². The van der Waals surface area contributed by atoms with Gasteiger partial charge in [0.2, 0.25) is 11.1 Å². The quantitative estimate of drug-likeness (QED) is 0.512. The van der Waals surface area contributed by atoms with Crippen LogP contribution in [-0.4, -0.2) is 88.1 Å². The number of amides is 1. The Labute approximate surface area is 172 Å². The van der Waals surface area contributed by atoms with Crippen molar-refractivity contribution in [3.8, 4) is 5.69 Å². The molecule has 29 heavy (non-hydrogen) atoms. The van der Waals surface area contributed by atoms with E-state index in [4.69, 9.17) is 0 Å². The molecule has 12 heteroatoms. The number of tetrazole rings is 2. The third-order valence-electron chi connectivity index (χ3n) is 4.81. The SMILES string of the molecule is Cc1ccc(-n2nnnc2CN2CCN(C(=O)CSc3nnnn3C)CC2)cc1. The molecule has 0 bridgehead atoms. The number of hydrogen-bond donors (Lipinski definition) is 0. The molecular weight excluding hydrogens is 392 g/mol. The first kappa shape index (κ1) is 19.5. The van der Waals surface area contributed by atoms with Gasteiger partial charge in [-0.15, -0.1) is 10.2 Å². The third kappa shape index (κ3) is 4.59. The second kappa shape index (κ2) is 8.66. The number of piperazine rings is 1. The van der Waals surface area contributed by atoms with Crippen molar-refractivity contribution in [2.24, 2.45) is 7.05 Å². The van der Waals surface area contributed by atoms with Crippen molar-refractivity contribution in [2.75, 3.05) is 31.9 Å². The largest absolute Gasteiger partial charge is 0.339 e. The van der Waals surface area contributed by atoms with Crippen LogP contribution in [0.5, 0.6) is 0 Å². The lowest BCUT2D eigenvalue weighted by Gasteiger charge is -2.34. The van der Waals surface area contributed by atoms with Crippen molar-refractivity contribution < 1.29 is 4.79 Å². The zero-order valence-electron chi connectivity index (χ0n) is 16.3. The lowest BCUT2D eigenvalue weighted by atomic mass is 10.2. The zero-order chi connectivity index (χ0) is 20.2. The topological polar surface area (TPSA) is 111 Å². The van der Waals surface area contributed by atoms with Crippen molar-refractivity contribution in [1.82, 2.24) is 50.2 Å². The van der Waals surface area contributed by atoms with E-state index in [1.807, 2.05) is 36.1 Å². The maximum atomic E-state index is 12.5. The summed E-state index contributed by atoms with van der Waals surface area (Å²) in [5, 5.41) is 24.0. The van der Waals surface area contributed by atoms with E-state index in [0.29, 0.717) is 30.5 Å². The highest BCUT2D eigenvalue weighted by Crippen LogP contribution is 2.15. The summed E-state index contributed by atoms with van der Waals surface area (Å²) in [6, 6.07) is 8.10. The zero-order valence-corrected chi connectivity index (χ0v) is 17.2. The van der Waals surface area contributed by atoms with E-state index in [1.165, 1.54) is 17.3 Å². The number of carbonyl (C=O) groups excluding carboxylic acids is 1. The van der Waals surface area contributed by atoms with Gasteiger partial charge >= 0.3 is 0 Å². The van der Waals surface area contributed by atoms with Crippen LogP contribution in [-0.2, 0) is 18.4 Å². The molecule has 1 fully saturated rings. The molecule has 1 aliphatic rings.